The van der Waals surface area contributed by atoms with Gasteiger partial charge in [0.05, 0.1) is 26.4 Å². The van der Waals surface area contributed by atoms with Gasteiger partial charge in [0.2, 0.25) is 0 Å². The van der Waals surface area contributed by atoms with E-state index in [0.29, 0.717) is 13.0 Å². The lowest BCUT2D eigenvalue weighted by Crippen LogP contribution is -2.61. The van der Waals surface area contributed by atoms with Crippen LogP contribution >= 0.6 is 0 Å². The van der Waals surface area contributed by atoms with Gasteiger partial charge in [-0.3, -0.25) is 4.79 Å². The van der Waals surface area contributed by atoms with Crippen molar-refractivity contribution < 1.29 is 69.0 Å². The molecule has 0 amide bonds. The predicted molar refractivity (Wildman–Crippen MR) is 224 cm³/mol. The van der Waals surface area contributed by atoms with Gasteiger partial charge >= 0.3 is 5.97 Å². The standard InChI is InChI=1S/C45H84O14/c1-3-5-7-9-11-13-15-16-17-18-20-22-24-26-28-37(47)57-34(31-54-29-27-25-23-21-19-14-12-10-8-6-4-2)32-55-44-43(53)41(51)39(49)36(59-44)33-56-45-42(52)40(50)38(48)35(30-46)58-45/h8,10,34-36,38-46,48-53H,3-7,9,11-33H2,1-2H3/b10-8-. The molecule has 0 bridgehead atoms. The first-order valence-electron chi connectivity index (χ1n) is 23.3. The van der Waals surface area contributed by atoms with Crippen molar-refractivity contribution in [2.24, 2.45) is 0 Å². The van der Waals surface area contributed by atoms with Crippen molar-refractivity contribution in [2.75, 3.05) is 33.0 Å². The molecule has 0 aliphatic carbocycles. The number of esters is 1. The predicted octanol–water partition coefficient (Wildman–Crippen LogP) is 5.51. The van der Waals surface area contributed by atoms with Crippen LogP contribution in [0.5, 0.6) is 0 Å². The van der Waals surface area contributed by atoms with E-state index in [0.717, 1.165) is 51.4 Å². The summed E-state index contributed by atoms with van der Waals surface area (Å²) in [5, 5.41) is 71.9. The zero-order chi connectivity index (χ0) is 43.1. The van der Waals surface area contributed by atoms with Crippen LogP contribution in [0.15, 0.2) is 12.2 Å². The van der Waals surface area contributed by atoms with Crippen LogP contribution in [0.1, 0.15) is 168 Å². The first kappa shape index (κ1) is 53.9. The highest BCUT2D eigenvalue weighted by molar-refractivity contribution is 5.69. The van der Waals surface area contributed by atoms with Crippen LogP contribution in [0.2, 0.25) is 0 Å². The van der Waals surface area contributed by atoms with Crippen LogP contribution in [0.3, 0.4) is 0 Å². The first-order chi connectivity index (χ1) is 28.6. The number of aliphatic hydroxyl groups excluding tert-OH is 7. The van der Waals surface area contributed by atoms with Crippen molar-refractivity contribution in [3.05, 3.63) is 12.2 Å². The molecule has 0 aromatic carbocycles. The minimum Gasteiger partial charge on any atom is -0.457 e. The largest absolute Gasteiger partial charge is 0.457 e. The van der Waals surface area contributed by atoms with Crippen molar-refractivity contribution >= 4 is 5.97 Å². The molecule has 7 N–H and O–H groups in total. The number of unbranched alkanes of at least 4 members (excludes halogenated alkanes) is 20. The van der Waals surface area contributed by atoms with E-state index in [1.807, 2.05) is 0 Å². The second-order valence-electron chi connectivity index (χ2n) is 16.6. The minimum atomic E-state index is -1.70. The van der Waals surface area contributed by atoms with Gasteiger partial charge < -0.3 is 64.2 Å². The van der Waals surface area contributed by atoms with Gasteiger partial charge in [-0.05, 0) is 32.1 Å². The van der Waals surface area contributed by atoms with Crippen LogP contribution in [0.4, 0.5) is 0 Å². The smallest absolute Gasteiger partial charge is 0.306 e. The molecule has 2 saturated heterocycles. The second kappa shape index (κ2) is 34.2. The third-order valence-corrected chi connectivity index (χ3v) is 11.3. The third kappa shape index (κ3) is 23.1. The number of carbonyl (C=O) groups is 1. The highest BCUT2D eigenvalue weighted by Crippen LogP contribution is 2.26. The van der Waals surface area contributed by atoms with E-state index in [1.54, 1.807) is 0 Å². The Kier molecular flexibility index (Phi) is 31.3. The summed E-state index contributed by atoms with van der Waals surface area (Å²) in [5.41, 5.74) is 0. The summed E-state index contributed by atoms with van der Waals surface area (Å²) in [6.07, 6.45) is 15.7. The summed E-state index contributed by atoms with van der Waals surface area (Å²) in [6, 6.07) is 0. The number of aliphatic hydroxyl groups is 7. The van der Waals surface area contributed by atoms with Gasteiger partial charge in [0, 0.05) is 13.0 Å². The van der Waals surface area contributed by atoms with E-state index in [1.165, 1.54) is 89.9 Å². The van der Waals surface area contributed by atoms with E-state index < -0.39 is 80.7 Å². The molecule has 2 aliphatic rings. The zero-order valence-electron chi connectivity index (χ0n) is 36.5. The number of allylic oxidation sites excluding steroid dienone is 2. The fourth-order valence-electron chi connectivity index (χ4n) is 7.40. The van der Waals surface area contributed by atoms with E-state index in [4.69, 9.17) is 28.4 Å². The molecule has 11 atom stereocenters. The molecular formula is C45H84O14. The van der Waals surface area contributed by atoms with Crippen LogP contribution in [-0.4, -0.2) is 142 Å². The lowest BCUT2D eigenvalue weighted by Gasteiger charge is -2.42. The molecule has 0 saturated carbocycles. The monoisotopic (exact) mass is 849 g/mol. The molecule has 2 heterocycles. The van der Waals surface area contributed by atoms with Gasteiger partial charge in [-0.1, -0.05) is 142 Å². The summed E-state index contributed by atoms with van der Waals surface area (Å²) in [7, 11) is 0. The number of ether oxygens (including phenoxy) is 6. The molecule has 0 aromatic rings. The molecule has 2 aliphatic heterocycles. The van der Waals surface area contributed by atoms with Crippen molar-refractivity contribution in [3.8, 4) is 0 Å². The van der Waals surface area contributed by atoms with Crippen LogP contribution in [-0.2, 0) is 33.2 Å². The summed E-state index contributed by atoms with van der Waals surface area (Å²) in [4.78, 5) is 12.9. The van der Waals surface area contributed by atoms with Gasteiger partial charge in [-0.2, -0.15) is 0 Å². The Morgan fingerprint density at radius 1 is 0.542 bits per heavy atom. The average Bonchev–Trinajstić information content (AvgIpc) is 3.23. The molecule has 0 spiro atoms. The molecule has 14 nitrogen and oxygen atoms in total. The highest BCUT2D eigenvalue weighted by Gasteiger charge is 2.47. The van der Waals surface area contributed by atoms with Gasteiger partial charge in [-0.25, -0.2) is 0 Å². The summed E-state index contributed by atoms with van der Waals surface area (Å²) in [5.74, 6) is -0.378. The Labute approximate surface area is 354 Å². The maximum atomic E-state index is 12.9. The van der Waals surface area contributed by atoms with E-state index in [-0.39, 0.29) is 25.6 Å². The van der Waals surface area contributed by atoms with Crippen molar-refractivity contribution in [3.63, 3.8) is 0 Å². The number of rotatable bonds is 36. The van der Waals surface area contributed by atoms with E-state index >= 15 is 0 Å². The van der Waals surface area contributed by atoms with Gasteiger partial charge in [0.15, 0.2) is 12.6 Å². The Hall–Kier alpha value is -1.27. The summed E-state index contributed by atoms with van der Waals surface area (Å²) < 4.78 is 34.1. The van der Waals surface area contributed by atoms with Gasteiger partial charge in [0.25, 0.3) is 0 Å². The SMILES string of the molecule is CCC/C=C\CCCCCCCCOCC(COC1OC(COC2OC(CO)C(O)C(O)C2O)C(O)C(O)C1O)OC(=O)CCCCCCCCCCCCCCCC. The van der Waals surface area contributed by atoms with Crippen molar-refractivity contribution in [2.45, 2.75) is 235 Å². The fourth-order valence-corrected chi connectivity index (χ4v) is 7.40. The zero-order valence-corrected chi connectivity index (χ0v) is 36.5. The molecule has 59 heavy (non-hydrogen) atoms. The molecule has 0 radical (unpaired) electrons. The van der Waals surface area contributed by atoms with Crippen LogP contribution in [0.25, 0.3) is 0 Å². The summed E-state index contributed by atoms with van der Waals surface area (Å²) in [6.45, 7) is 3.62. The Balaban J connectivity index is 1.81. The Bertz CT molecular complexity index is 1030. The van der Waals surface area contributed by atoms with Crippen molar-refractivity contribution in [1.82, 2.24) is 0 Å². The Morgan fingerprint density at radius 2 is 1.03 bits per heavy atom. The highest BCUT2D eigenvalue weighted by atomic mass is 16.7. The first-order valence-corrected chi connectivity index (χ1v) is 23.3. The van der Waals surface area contributed by atoms with Crippen LogP contribution < -0.4 is 0 Å². The molecule has 348 valence electrons. The van der Waals surface area contributed by atoms with Crippen molar-refractivity contribution in [1.29, 1.82) is 0 Å². The summed E-state index contributed by atoms with van der Waals surface area (Å²) >= 11 is 0. The molecule has 2 fully saturated rings. The van der Waals surface area contributed by atoms with E-state index in [9.17, 15) is 40.5 Å². The maximum absolute atomic E-state index is 12.9. The Morgan fingerprint density at radius 3 is 1.61 bits per heavy atom. The maximum Gasteiger partial charge on any atom is 0.306 e. The second-order valence-corrected chi connectivity index (χ2v) is 16.6. The topological polar surface area (TPSA) is 214 Å². The molecule has 2 rings (SSSR count). The molecular weight excluding hydrogens is 764 g/mol. The lowest BCUT2D eigenvalue weighted by molar-refractivity contribution is -0.332. The number of carbonyl (C=O) groups excluding carboxylic acids is 1. The van der Waals surface area contributed by atoms with Gasteiger partial charge in [-0.15, -0.1) is 0 Å². The molecule has 11 unspecified atom stereocenters. The lowest BCUT2D eigenvalue weighted by atomic mass is 9.98. The average molecular weight is 849 g/mol. The number of hydrogen-bond donors (Lipinski definition) is 7. The third-order valence-electron chi connectivity index (χ3n) is 11.3. The van der Waals surface area contributed by atoms with Crippen LogP contribution in [0, 0.1) is 0 Å². The molecule has 0 aromatic heterocycles. The minimum absolute atomic E-state index is 0.0617. The molecule has 14 heteroatoms. The number of hydrogen-bond acceptors (Lipinski definition) is 14. The quantitative estimate of drug-likeness (QED) is 0.0235. The fraction of sp³-hybridized carbons (Fsp3) is 0.933. The van der Waals surface area contributed by atoms with E-state index in [2.05, 4.69) is 26.0 Å². The normalized spacial score (nSPS) is 28.0. The van der Waals surface area contributed by atoms with Gasteiger partial charge in [0.1, 0.15) is 54.9 Å².